The van der Waals surface area contributed by atoms with E-state index in [1.807, 2.05) is 6.07 Å². The van der Waals surface area contributed by atoms with Crippen molar-refractivity contribution in [3.63, 3.8) is 0 Å². The van der Waals surface area contributed by atoms with Gasteiger partial charge in [0.2, 0.25) is 0 Å². The molecule has 0 fully saturated rings. The minimum atomic E-state index is 0. The number of thiophene rings is 1. The lowest BCUT2D eigenvalue weighted by atomic mass is 10.1. The molecule has 0 amide bonds. The first-order valence-corrected chi connectivity index (χ1v) is 9.38. The van der Waals surface area contributed by atoms with Crippen LogP contribution in [0, 0.1) is 0 Å². The third-order valence-electron chi connectivity index (χ3n) is 4.00. The summed E-state index contributed by atoms with van der Waals surface area (Å²) in [5.74, 6) is 0.774. The number of guanidine groups is 1. The molecule has 2 heterocycles. The molecular weight excluding hydrogens is 471 g/mol. The van der Waals surface area contributed by atoms with Crippen molar-refractivity contribution in [1.82, 2.24) is 15.2 Å². The zero-order valence-corrected chi connectivity index (χ0v) is 18.2. The largest absolute Gasteiger partial charge is 0.352 e. The van der Waals surface area contributed by atoms with E-state index in [9.17, 15) is 4.79 Å². The van der Waals surface area contributed by atoms with Crippen molar-refractivity contribution in [1.29, 1.82) is 0 Å². The predicted molar refractivity (Wildman–Crippen MR) is 123 cm³/mol. The Bertz CT molecular complexity index is 904. The molecule has 0 atom stereocenters. The van der Waals surface area contributed by atoms with Gasteiger partial charge >= 0.3 is 0 Å². The second-order valence-electron chi connectivity index (χ2n) is 5.89. The van der Waals surface area contributed by atoms with Crippen LogP contribution in [0.3, 0.4) is 0 Å². The van der Waals surface area contributed by atoms with Crippen molar-refractivity contribution >= 4 is 41.3 Å². The standard InChI is InChI=1S/C20H22N4OS.HI/c1-21-20(23-13-18-9-11-26-15-18)22-12-16-5-7-17(8-6-16)14-24-10-3-2-4-19(24)25;/h2-11,15H,12-14H2,1H3,(H2,21,22,23);1H. The number of rotatable bonds is 6. The second-order valence-corrected chi connectivity index (χ2v) is 6.67. The number of pyridine rings is 1. The zero-order valence-electron chi connectivity index (χ0n) is 15.1. The Kier molecular flexibility index (Phi) is 8.53. The molecule has 1 aromatic carbocycles. The van der Waals surface area contributed by atoms with Gasteiger partial charge in [0.1, 0.15) is 0 Å². The van der Waals surface area contributed by atoms with Crippen LogP contribution in [0.15, 0.2) is 75.3 Å². The highest BCUT2D eigenvalue weighted by atomic mass is 127. The smallest absolute Gasteiger partial charge is 0.250 e. The number of benzene rings is 1. The van der Waals surface area contributed by atoms with Crippen LogP contribution in [0.1, 0.15) is 16.7 Å². The topological polar surface area (TPSA) is 58.4 Å². The monoisotopic (exact) mass is 494 g/mol. The number of nitrogens with zero attached hydrogens (tertiary/aromatic N) is 2. The molecule has 0 saturated carbocycles. The van der Waals surface area contributed by atoms with Gasteiger partial charge in [0.15, 0.2) is 5.96 Å². The Morgan fingerprint density at radius 1 is 1.00 bits per heavy atom. The molecule has 7 heteroatoms. The number of aromatic nitrogens is 1. The molecule has 27 heavy (non-hydrogen) atoms. The van der Waals surface area contributed by atoms with E-state index < -0.39 is 0 Å². The lowest BCUT2D eigenvalue weighted by Crippen LogP contribution is -2.36. The number of hydrogen-bond donors (Lipinski definition) is 2. The van der Waals surface area contributed by atoms with E-state index in [0.717, 1.165) is 23.6 Å². The number of halogens is 1. The SMILES string of the molecule is CN=C(NCc1ccc(Cn2ccccc2=O)cc1)NCc1ccsc1.I. The van der Waals surface area contributed by atoms with Gasteiger partial charge in [-0.05, 0) is 39.6 Å². The molecule has 0 aliphatic carbocycles. The first kappa shape index (κ1) is 21.2. The van der Waals surface area contributed by atoms with Gasteiger partial charge in [-0.3, -0.25) is 9.79 Å². The van der Waals surface area contributed by atoms with Gasteiger partial charge < -0.3 is 15.2 Å². The fourth-order valence-electron chi connectivity index (χ4n) is 2.54. The quantitative estimate of drug-likeness (QED) is 0.314. The summed E-state index contributed by atoms with van der Waals surface area (Å²) in [7, 11) is 1.77. The molecule has 5 nitrogen and oxygen atoms in total. The lowest BCUT2D eigenvalue weighted by Gasteiger charge is -2.12. The van der Waals surface area contributed by atoms with E-state index in [0.29, 0.717) is 13.1 Å². The molecular formula is C20H23IN4OS. The Balaban J connectivity index is 0.00000261. The molecule has 0 bridgehead atoms. The highest BCUT2D eigenvalue weighted by Gasteiger charge is 2.01. The summed E-state index contributed by atoms with van der Waals surface area (Å²) in [6.45, 7) is 2.03. The van der Waals surface area contributed by atoms with Crippen LogP contribution in [-0.2, 0) is 19.6 Å². The summed E-state index contributed by atoms with van der Waals surface area (Å²) < 4.78 is 1.70. The molecule has 142 valence electrons. The van der Waals surface area contributed by atoms with Gasteiger partial charge in [0.25, 0.3) is 5.56 Å². The van der Waals surface area contributed by atoms with Crippen LogP contribution in [0.25, 0.3) is 0 Å². The van der Waals surface area contributed by atoms with E-state index >= 15 is 0 Å². The van der Waals surface area contributed by atoms with E-state index in [-0.39, 0.29) is 29.5 Å². The molecule has 0 spiro atoms. The van der Waals surface area contributed by atoms with Crippen LogP contribution in [0.4, 0.5) is 0 Å². The van der Waals surface area contributed by atoms with Gasteiger partial charge in [0, 0.05) is 32.4 Å². The maximum Gasteiger partial charge on any atom is 0.250 e. The Hall–Kier alpha value is -2.13. The van der Waals surface area contributed by atoms with Gasteiger partial charge in [-0.2, -0.15) is 11.3 Å². The van der Waals surface area contributed by atoms with Crippen molar-refractivity contribution in [2.24, 2.45) is 4.99 Å². The van der Waals surface area contributed by atoms with E-state index in [1.54, 1.807) is 41.3 Å². The second kappa shape index (κ2) is 10.9. The van der Waals surface area contributed by atoms with Crippen molar-refractivity contribution in [3.05, 3.63) is 92.5 Å². The van der Waals surface area contributed by atoms with Crippen molar-refractivity contribution in [2.75, 3.05) is 7.05 Å². The van der Waals surface area contributed by atoms with Gasteiger partial charge in [0.05, 0.1) is 6.54 Å². The normalized spacial score (nSPS) is 10.9. The van der Waals surface area contributed by atoms with E-state index in [1.165, 1.54) is 5.56 Å². The molecule has 0 aliphatic heterocycles. The molecule has 0 unspecified atom stereocenters. The summed E-state index contributed by atoms with van der Waals surface area (Å²) in [4.78, 5) is 16.0. The highest BCUT2D eigenvalue weighted by molar-refractivity contribution is 14.0. The fourth-order valence-corrected chi connectivity index (χ4v) is 3.20. The first-order valence-electron chi connectivity index (χ1n) is 8.43. The van der Waals surface area contributed by atoms with Crippen LogP contribution < -0.4 is 16.2 Å². The van der Waals surface area contributed by atoms with Crippen molar-refractivity contribution < 1.29 is 0 Å². The maximum atomic E-state index is 11.8. The van der Waals surface area contributed by atoms with E-state index in [4.69, 9.17) is 0 Å². The molecule has 2 aromatic heterocycles. The van der Waals surface area contributed by atoms with Crippen LogP contribution in [-0.4, -0.2) is 17.6 Å². The molecule has 0 radical (unpaired) electrons. The third kappa shape index (κ3) is 6.51. The molecule has 0 saturated heterocycles. The number of hydrogen-bond acceptors (Lipinski definition) is 3. The Labute approximate surface area is 180 Å². The molecule has 3 rings (SSSR count). The van der Waals surface area contributed by atoms with Crippen molar-refractivity contribution in [3.8, 4) is 0 Å². The van der Waals surface area contributed by atoms with Gasteiger partial charge in [-0.25, -0.2) is 0 Å². The van der Waals surface area contributed by atoms with E-state index in [2.05, 4.69) is 56.7 Å². The Morgan fingerprint density at radius 3 is 2.33 bits per heavy atom. The predicted octanol–water partition coefficient (Wildman–Crippen LogP) is 3.44. The minimum Gasteiger partial charge on any atom is -0.352 e. The summed E-state index contributed by atoms with van der Waals surface area (Å²) >= 11 is 1.69. The van der Waals surface area contributed by atoms with Crippen LogP contribution >= 0.6 is 35.3 Å². The summed E-state index contributed by atoms with van der Waals surface area (Å²) in [6, 6.07) is 15.6. The van der Waals surface area contributed by atoms with Crippen molar-refractivity contribution in [2.45, 2.75) is 19.6 Å². The summed E-state index contributed by atoms with van der Waals surface area (Å²) in [6.07, 6.45) is 1.81. The first-order chi connectivity index (χ1) is 12.7. The number of aliphatic imine (C=N–C) groups is 1. The van der Waals surface area contributed by atoms with Gasteiger partial charge in [-0.1, -0.05) is 30.3 Å². The lowest BCUT2D eigenvalue weighted by molar-refractivity contribution is 0.758. The highest BCUT2D eigenvalue weighted by Crippen LogP contribution is 2.06. The summed E-state index contributed by atoms with van der Waals surface area (Å²) in [5, 5.41) is 10.8. The Morgan fingerprint density at radius 2 is 1.70 bits per heavy atom. The average molecular weight is 494 g/mol. The average Bonchev–Trinajstić information content (AvgIpc) is 3.18. The summed E-state index contributed by atoms with van der Waals surface area (Å²) in [5.41, 5.74) is 3.52. The minimum absolute atomic E-state index is 0. The fraction of sp³-hybridized carbons (Fsp3) is 0.200. The third-order valence-corrected chi connectivity index (χ3v) is 4.73. The number of nitrogens with one attached hydrogen (secondary N) is 2. The van der Waals surface area contributed by atoms with Crippen LogP contribution in [0.5, 0.6) is 0 Å². The zero-order chi connectivity index (χ0) is 18.2. The van der Waals surface area contributed by atoms with Crippen LogP contribution in [0.2, 0.25) is 0 Å². The maximum absolute atomic E-state index is 11.8. The molecule has 2 N–H and O–H groups in total. The molecule has 3 aromatic rings. The van der Waals surface area contributed by atoms with Gasteiger partial charge in [-0.15, -0.1) is 24.0 Å². The molecule has 0 aliphatic rings.